The number of carbonyl (C=O) groups is 2. The lowest BCUT2D eigenvalue weighted by atomic mass is 9.63. The molecule has 6 nitrogen and oxygen atoms in total. The Labute approximate surface area is 157 Å². The number of imide groups is 1. The second kappa shape index (κ2) is 5.94. The highest BCUT2D eigenvalue weighted by atomic mass is 16.5. The van der Waals surface area contributed by atoms with E-state index in [4.69, 9.17) is 9.47 Å². The summed E-state index contributed by atoms with van der Waals surface area (Å²) in [5.74, 6) is 2.13. The zero-order chi connectivity index (χ0) is 18.7. The van der Waals surface area contributed by atoms with E-state index >= 15 is 0 Å². The van der Waals surface area contributed by atoms with E-state index in [1.54, 1.807) is 25.5 Å². The van der Waals surface area contributed by atoms with Crippen LogP contribution in [-0.2, 0) is 9.59 Å². The minimum absolute atomic E-state index is 0.149. The summed E-state index contributed by atoms with van der Waals surface area (Å²) in [4.78, 5) is 25.8. The van der Waals surface area contributed by atoms with E-state index in [2.05, 4.69) is 17.3 Å². The van der Waals surface area contributed by atoms with Crippen LogP contribution in [0.4, 0.5) is 0 Å². The highest BCUT2D eigenvalue weighted by molar-refractivity contribution is 6.06. The van der Waals surface area contributed by atoms with Crippen LogP contribution in [0.5, 0.6) is 11.5 Å². The van der Waals surface area contributed by atoms with Crippen molar-refractivity contribution in [3.63, 3.8) is 0 Å². The molecule has 6 atom stereocenters. The minimum atomic E-state index is -0.219. The first-order valence-corrected chi connectivity index (χ1v) is 9.55. The Bertz CT molecular complexity index is 841. The second-order valence-electron chi connectivity index (χ2n) is 7.73. The molecule has 6 rings (SSSR count). The van der Waals surface area contributed by atoms with Gasteiger partial charge in [-0.15, -0.1) is 0 Å². The molecule has 1 saturated heterocycles. The van der Waals surface area contributed by atoms with Gasteiger partial charge in [0.05, 0.1) is 31.8 Å². The zero-order valence-electron chi connectivity index (χ0n) is 15.4. The van der Waals surface area contributed by atoms with Gasteiger partial charge in [0.2, 0.25) is 0 Å². The summed E-state index contributed by atoms with van der Waals surface area (Å²) < 4.78 is 10.8. The van der Waals surface area contributed by atoms with Gasteiger partial charge in [0.1, 0.15) is 0 Å². The van der Waals surface area contributed by atoms with E-state index in [0.717, 1.165) is 17.0 Å². The average molecular weight is 366 g/mol. The highest BCUT2D eigenvalue weighted by Gasteiger charge is 2.67. The van der Waals surface area contributed by atoms with Crippen molar-refractivity contribution < 1.29 is 19.1 Å². The second-order valence-corrected chi connectivity index (χ2v) is 7.73. The molecule has 27 heavy (non-hydrogen) atoms. The Morgan fingerprint density at radius 3 is 2.37 bits per heavy atom. The first kappa shape index (κ1) is 16.5. The largest absolute Gasteiger partial charge is 0.493 e. The van der Waals surface area contributed by atoms with Gasteiger partial charge in [-0.1, -0.05) is 12.2 Å². The summed E-state index contributed by atoms with van der Waals surface area (Å²) >= 11 is 0. The molecule has 2 bridgehead atoms. The number of amides is 2. The minimum Gasteiger partial charge on any atom is -0.493 e. The summed E-state index contributed by atoms with van der Waals surface area (Å²) in [6, 6.07) is 5.41. The van der Waals surface area contributed by atoms with Crippen LogP contribution in [0.3, 0.4) is 0 Å². The van der Waals surface area contributed by atoms with E-state index in [-0.39, 0.29) is 35.5 Å². The summed E-state index contributed by atoms with van der Waals surface area (Å²) in [6.45, 7) is 2.45. The van der Waals surface area contributed by atoms with Gasteiger partial charge in [0, 0.05) is 0 Å². The molecular weight excluding hydrogens is 344 g/mol. The fourth-order valence-electron chi connectivity index (χ4n) is 5.22. The molecule has 0 spiro atoms. The van der Waals surface area contributed by atoms with Crippen LogP contribution in [0.15, 0.2) is 35.5 Å². The van der Waals surface area contributed by atoms with Crippen molar-refractivity contribution in [3.8, 4) is 11.5 Å². The van der Waals surface area contributed by atoms with E-state index in [0.29, 0.717) is 29.9 Å². The van der Waals surface area contributed by atoms with Gasteiger partial charge in [-0.2, -0.15) is 10.1 Å². The molecule has 6 heteroatoms. The fraction of sp³-hybridized carbons (Fsp3) is 0.476. The Morgan fingerprint density at radius 1 is 1.11 bits per heavy atom. The van der Waals surface area contributed by atoms with Crippen LogP contribution in [0, 0.1) is 35.5 Å². The predicted molar refractivity (Wildman–Crippen MR) is 98.3 cm³/mol. The van der Waals surface area contributed by atoms with Crippen molar-refractivity contribution in [2.75, 3.05) is 13.7 Å². The SMILES string of the molecule is CCOc1ccc(/C=N\N2C(=O)[C@@H]3[C@H]4C=C[C@@H]([C@@H]5C[C@H]45)[C@@H]3C2=O)cc1OC. The normalized spacial score (nSPS) is 35.6. The van der Waals surface area contributed by atoms with Crippen molar-refractivity contribution in [3.05, 3.63) is 35.9 Å². The maximum Gasteiger partial charge on any atom is 0.254 e. The van der Waals surface area contributed by atoms with Gasteiger partial charge in [0.15, 0.2) is 11.5 Å². The first-order valence-electron chi connectivity index (χ1n) is 9.55. The third-order valence-electron chi connectivity index (χ3n) is 6.45. The summed E-state index contributed by atoms with van der Waals surface area (Å²) in [7, 11) is 1.57. The van der Waals surface area contributed by atoms with E-state index in [1.165, 1.54) is 0 Å². The van der Waals surface area contributed by atoms with Gasteiger partial charge in [-0.3, -0.25) is 9.59 Å². The van der Waals surface area contributed by atoms with Crippen molar-refractivity contribution in [1.82, 2.24) is 5.01 Å². The smallest absolute Gasteiger partial charge is 0.254 e. The van der Waals surface area contributed by atoms with Crippen molar-refractivity contribution in [2.24, 2.45) is 40.6 Å². The topological polar surface area (TPSA) is 68.2 Å². The Balaban J connectivity index is 1.39. The van der Waals surface area contributed by atoms with Crippen molar-refractivity contribution in [2.45, 2.75) is 13.3 Å². The number of benzene rings is 1. The average Bonchev–Trinajstić information content (AvgIpc) is 3.46. The van der Waals surface area contributed by atoms with E-state index in [9.17, 15) is 9.59 Å². The number of hydrazone groups is 1. The maximum atomic E-state index is 12.9. The van der Waals surface area contributed by atoms with Gasteiger partial charge >= 0.3 is 0 Å². The van der Waals surface area contributed by atoms with Gasteiger partial charge in [-0.05, 0) is 60.8 Å². The predicted octanol–water partition coefficient (Wildman–Crippen LogP) is 2.48. The van der Waals surface area contributed by atoms with E-state index in [1.807, 2.05) is 13.0 Å². The molecule has 4 aliphatic carbocycles. The zero-order valence-corrected chi connectivity index (χ0v) is 15.4. The molecular formula is C21H22N2O4. The fourth-order valence-corrected chi connectivity index (χ4v) is 5.22. The Kier molecular flexibility index (Phi) is 3.64. The highest BCUT2D eigenvalue weighted by Crippen LogP contribution is 2.65. The number of ether oxygens (including phenoxy) is 2. The molecule has 1 aliphatic heterocycles. The summed E-state index contributed by atoms with van der Waals surface area (Å²) in [5, 5.41) is 5.35. The van der Waals surface area contributed by atoms with Crippen LogP contribution in [0.25, 0.3) is 0 Å². The lowest BCUT2D eigenvalue weighted by Crippen LogP contribution is -2.40. The van der Waals surface area contributed by atoms with Crippen LogP contribution >= 0.6 is 0 Å². The molecule has 1 aromatic carbocycles. The standard InChI is InChI=1S/C21H22N2O4/c1-3-27-16-7-4-11(8-17(16)26-2)10-22-23-20(24)18-12-5-6-13(15-9-14(12)15)19(18)21(23)25/h4-8,10,12-15,18-19H,3,9H2,1-2H3/b22-10-/t12-,13-,14-,15+,18-,19+/m0/s1. The third kappa shape index (κ3) is 2.35. The molecule has 1 aromatic rings. The summed E-state index contributed by atoms with van der Waals surface area (Å²) in [6.07, 6.45) is 7.03. The van der Waals surface area contributed by atoms with Crippen LogP contribution < -0.4 is 9.47 Å². The molecule has 140 valence electrons. The van der Waals surface area contributed by atoms with Gasteiger partial charge in [-0.25, -0.2) is 0 Å². The molecule has 3 fully saturated rings. The van der Waals surface area contributed by atoms with Crippen LogP contribution in [-0.4, -0.2) is 36.8 Å². The molecule has 0 N–H and O–H groups in total. The molecule has 1 heterocycles. The molecule has 5 aliphatic rings. The number of allylic oxidation sites excluding steroid dienone is 2. The lowest BCUT2D eigenvalue weighted by molar-refractivity contribution is -0.140. The number of hydrogen-bond donors (Lipinski definition) is 0. The van der Waals surface area contributed by atoms with Gasteiger partial charge in [0.25, 0.3) is 11.8 Å². The van der Waals surface area contributed by atoms with Crippen LogP contribution in [0.2, 0.25) is 0 Å². The van der Waals surface area contributed by atoms with Crippen LogP contribution in [0.1, 0.15) is 18.9 Å². The Hall–Kier alpha value is -2.63. The molecule has 2 saturated carbocycles. The number of hydrogen-bond acceptors (Lipinski definition) is 5. The molecule has 0 radical (unpaired) electrons. The number of carbonyl (C=O) groups excluding carboxylic acids is 2. The first-order chi connectivity index (χ1) is 13.1. The quantitative estimate of drug-likeness (QED) is 0.456. The number of rotatable bonds is 5. The monoisotopic (exact) mass is 366 g/mol. The maximum absolute atomic E-state index is 12.9. The third-order valence-corrected chi connectivity index (χ3v) is 6.45. The van der Waals surface area contributed by atoms with Gasteiger partial charge < -0.3 is 9.47 Å². The molecule has 2 amide bonds. The summed E-state index contributed by atoms with van der Waals surface area (Å²) in [5.41, 5.74) is 0.745. The van der Waals surface area contributed by atoms with Crippen molar-refractivity contribution in [1.29, 1.82) is 0 Å². The van der Waals surface area contributed by atoms with Crippen molar-refractivity contribution >= 4 is 18.0 Å². The Morgan fingerprint density at radius 2 is 1.78 bits per heavy atom. The molecule has 0 aromatic heterocycles. The molecule has 0 unspecified atom stereocenters. The number of nitrogens with zero attached hydrogens (tertiary/aromatic N) is 2. The van der Waals surface area contributed by atoms with E-state index < -0.39 is 0 Å². The number of methoxy groups -OCH3 is 1. The lowest BCUT2D eigenvalue weighted by Gasteiger charge is -2.37.